The van der Waals surface area contributed by atoms with Gasteiger partial charge in [-0.15, -0.1) is 0 Å². The fourth-order valence-corrected chi connectivity index (χ4v) is 4.31. The van der Waals surface area contributed by atoms with Crippen molar-refractivity contribution in [2.75, 3.05) is 19.7 Å². The lowest BCUT2D eigenvalue weighted by molar-refractivity contribution is -0.142. The largest absolute Gasteiger partial charge is 0.481 e. The fourth-order valence-electron chi connectivity index (χ4n) is 4.31. The van der Waals surface area contributed by atoms with Gasteiger partial charge in [-0.2, -0.15) is 0 Å². The standard InChI is InChI=1S/C23H24N2O5/c26-21(27)13-20(22(28)25-11-5-6-12-25)24-23(29)30-14-19-17-9-3-1-7-15(17)16-8-2-4-10-18(16)19/h1-4,7-10,19-20H,5-6,11-14H2,(H,24,29)(H,26,27)/t20-/m0/s1. The lowest BCUT2D eigenvalue weighted by atomic mass is 9.98. The smallest absolute Gasteiger partial charge is 0.407 e. The maximum absolute atomic E-state index is 12.6. The van der Waals surface area contributed by atoms with Gasteiger partial charge < -0.3 is 20.1 Å². The molecule has 0 bridgehead atoms. The van der Waals surface area contributed by atoms with Crippen LogP contribution in [0.4, 0.5) is 4.79 Å². The number of benzene rings is 2. The van der Waals surface area contributed by atoms with Crippen molar-refractivity contribution < 1.29 is 24.2 Å². The monoisotopic (exact) mass is 408 g/mol. The molecule has 1 aliphatic carbocycles. The van der Waals surface area contributed by atoms with Crippen LogP contribution in [0.15, 0.2) is 48.5 Å². The Morgan fingerprint density at radius 2 is 1.57 bits per heavy atom. The van der Waals surface area contributed by atoms with E-state index >= 15 is 0 Å². The van der Waals surface area contributed by atoms with Crippen LogP contribution in [-0.4, -0.2) is 53.7 Å². The number of carboxylic acid groups (broad SMARTS) is 1. The van der Waals surface area contributed by atoms with Crippen molar-refractivity contribution >= 4 is 18.0 Å². The Kier molecular flexibility index (Phi) is 5.70. The molecule has 4 rings (SSSR count). The number of hydrogen-bond acceptors (Lipinski definition) is 4. The number of nitrogens with one attached hydrogen (secondary N) is 1. The zero-order chi connectivity index (χ0) is 21.1. The Labute approximate surface area is 174 Å². The minimum atomic E-state index is -1.15. The quantitative estimate of drug-likeness (QED) is 0.766. The number of carbonyl (C=O) groups excluding carboxylic acids is 2. The molecule has 1 atom stereocenters. The number of carboxylic acids is 1. The Morgan fingerprint density at radius 1 is 1.00 bits per heavy atom. The predicted molar refractivity (Wildman–Crippen MR) is 110 cm³/mol. The molecular formula is C23H24N2O5. The zero-order valence-electron chi connectivity index (χ0n) is 16.5. The van der Waals surface area contributed by atoms with Crippen LogP contribution < -0.4 is 5.32 Å². The van der Waals surface area contributed by atoms with Crippen molar-refractivity contribution in [2.24, 2.45) is 0 Å². The second-order valence-electron chi connectivity index (χ2n) is 7.65. The highest BCUT2D eigenvalue weighted by molar-refractivity contribution is 5.89. The first-order valence-electron chi connectivity index (χ1n) is 10.2. The molecular weight excluding hydrogens is 384 g/mol. The molecule has 2 aromatic carbocycles. The molecule has 2 aliphatic rings. The summed E-state index contributed by atoms with van der Waals surface area (Å²) in [5.74, 6) is -1.62. The molecule has 1 saturated heterocycles. The minimum absolute atomic E-state index is 0.102. The molecule has 1 fully saturated rings. The van der Waals surface area contributed by atoms with Crippen LogP contribution in [0, 0.1) is 0 Å². The summed E-state index contributed by atoms with van der Waals surface area (Å²) in [5.41, 5.74) is 4.41. The molecule has 2 amide bonds. The third-order valence-corrected chi connectivity index (χ3v) is 5.73. The van der Waals surface area contributed by atoms with Crippen molar-refractivity contribution in [2.45, 2.75) is 31.2 Å². The summed E-state index contributed by atoms with van der Waals surface area (Å²) < 4.78 is 5.45. The molecule has 1 aliphatic heterocycles. The highest BCUT2D eigenvalue weighted by atomic mass is 16.5. The second-order valence-corrected chi connectivity index (χ2v) is 7.65. The summed E-state index contributed by atoms with van der Waals surface area (Å²) in [7, 11) is 0. The normalized spacial score (nSPS) is 15.9. The average Bonchev–Trinajstić information content (AvgIpc) is 3.38. The van der Waals surface area contributed by atoms with Gasteiger partial charge in [0.05, 0.1) is 6.42 Å². The first kappa shape index (κ1) is 19.9. The number of ether oxygens (including phenoxy) is 1. The van der Waals surface area contributed by atoms with Gasteiger partial charge in [-0.1, -0.05) is 48.5 Å². The van der Waals surface area contributed by atoms with Gasteiger partial charge in [0.2, 0.25) is 5.91 Å². The van der Waals surface area contributed by atoms with Crippen molar-refractivity contribution in [3.05, 3.63) is 59.7 Å². The maximum Gasteiger partial charge on any atom is 0.407 e. The van der Waals surface area contributed by atoms with E-state index in [2.05, 4.69) is 5.32 Å². The zero-order valence-corrected chi connectivity index (χ0v) is 16.5. The van der Waals surface area contributed by atoms with Crippen molar-refractivity contribution in [3.63, 3.8) is 0 Å². The van der Waals surface area contributed by atoms with Gasteiger partial charge >= 0.3 is 12.1 Å². The van der Waals surface area contributed by atoms with Crippen LogP contribution in [0.3, 0.4) is 0 Å². The van der Waals surface area contributed by atoms with Crippen LogP contribution in [0.2, 0.25) is 0 Å². The van der Waals surface area contributed by atoms with Gasteiger partial charge in [0.25, 0.3) is 0 Å². The fraction of sp³-hybridized carbons (Fsp3) is 0.348. The van der Waals surface area contributed by atoms with E-state index in [1.165, 1.54) is 0 Å². The Morgan fingerprint density at radius 3 is 2.13 bits per heavy atom. The van der Waals surface area contributed by atoms with Gasteiger partial charge in [0, 0.05) is 19.0 Å². The topological polar surface area (TPSA) is 95.9 Å². The van der Waals surface area contributed by atoms with Gasteiger partial charge in [-0.25, -0.2) is 4.79 Å². The molecule has 2 N–H and O–H groups in total. The summed E-state index contributed by atoms with van der Waals surface area (Å²) in [6.07, 6.45) is 0.516. The molecule has 0 unspecified atom stereocenters. The van der Waals surface area contributed by atoms with Gasteiger partial charge in [-0.05, 0) is 35.1 Å². The first-order chi connectivity index (χ1) is 14.5. The van der Waals surface area contributed by atoms with Gasteiger partial charge in [-0.3, -0.25) is 9.59 Å². The summed E-state index contributed by atoms with van der Waals surface area (Å²) >= 11 is 0. The van der Waals surface area contributed by atoms with E-state index in [9.17, 15) is 14.4 Å². The van der Waals surface area contributed by atoms with E-state index in [4.69, 9.17) is 9.84 Å². The number of likely N-dealkylation sites (tertiary alicyclic amines) is 1. The molecule has 0 radical (unpaired) electrons. The lowest BCUT2D eigenvalue weighted by Gasteiger charge is -2.23. The van der Waals surface area contributed by atoms with Crippen molar-refractivity contribution in [1.82, 2.24) is 10.2 Å². The molecule has 0 aromatic heterocycles. The van der Waals surface area contributed by atoms with E-state index in [0.717, 1.165) is 35.1 Å². The highest BCUT2D eigenvalue weighted by Gasteiger charge is 2.32. The van der Waals surface area contributed by atoms with Gasteiger partial charge in [0.15, 0.2) is 0 Å². The van der Waals surface area contributed by atoms with Crippen LogP contribution in [0.5, 0.6) is 0 Å². The van der Waals surface area contributed by atoms with Crippen LogP contribution in [0.25, 0.3) is 11.1 Å². The molecule has 7 heteroatoms. The van der Waals surface area contributed by atoms with E-state index in [-0.39, 0.29) is 18.4 Å². The number of aliphatic carboxylic acids is 1. The molecule has 2 aromatic rings. The average molecular weight is 408 g/mol. The third-order valence-electron chi connectivity index (χ3n) is 5.73. The number of fused-ring (bicyclic) bond motifs is 3. The Bertz CT molecular complexity index is 922. The predicted octanol–water partition coefficient (Wildman–Crippen LogP) is 2.99. The highest BCUT2D eigenvalue weighted by Crippen LogP contribution is 2.44. The number of amides is 2. The van der Waals surface area contributed by atoms with E-state index in [1.54, 1.807) is 4.90 Å². The summed E-state index contributed by atoms with van der Waals surface area (Å²) in [6, 6.07) is 14.9. The third kappa shape index (κ3) is 4.01. The summed E-state index contributed by atoms with van der Waals surface area (Å²) in [4.78, 5) is 37.8. The number of hydrogen-bond donors (Lipinski definition) is 2. The number of nitrogens with zero attached hydrogens (tertiary/aromatic N) is 1. The molecule has 156 valence electrons. The maximum atomic E-state index is 12.6. The molecule has 0 spiro atoms. The molecule has 1 heterocycles. The van der Waals surface area contributed by atoms with Crippen LogP contribution in [-0.2, 0) is 14.3 Å². The minimum Gasteiger partial charge on any atom is -0.481 e. The Balaban J connectivity index is 1.43. The van der Waals surface area contributed by atoms with Crippen LogP contribution in [0.1, 0.15) is 36.3 Å². The SMILES string of the molecule is O=C(O)C[C@H](NC(=O)OCC1c2ccccc2-c2ccccc21)C(=O)N1CCCC1. The second kappa shape index (κ2) is 8.57. The van der Waals surface area contributed by atoms with E-state index in [1.807, 2.05) is 48.5 Å². The van der Waals surface area contributed by atoms with Crippen molar-refractivity contribution in [1.29, 1.82) is 0 Å². The van der Waals surface area contributed by atoms with Gasteiger partial charge in [0.1, 0.15) is 12.6 Å². The number of carbonyl (C=O) groups is 3. The lowest BCUT2D eigenvalue weighted by Crippen LogP contribution is -2.49. The molecule has 30 heavy (non-hydrogen) atoms. The number of alkyl carbamates (subject to hydrolysis) is 1. The first-order valence-corrected chi connectivity index (χ1v) is 10.2. The Hall–Kier alpha value is -3.35. The number of rotatable bonds is 6. The molecule has 7 nitrogen and oxygen atoms in total. The van der Waals surface area contributed by atoms with E-state index in [0.29, 0.717) is 13.1 Å². The molecule has 0 saturated carbocycles. The summed E-state index contributed by atoms with van der Waals surface area (Å²) in [5, 5.41) is 11.6. The summed E-state index contributed by atoms with van der Waals surface area (Å²) in [6.45, 7) is 1.28. The van der Waals surface area contributed by atoms with E-state index < -0.39 is 24.5 Å². The van der Waals surface area contributed by atoms with Crippen molar-refractivity contribution in [3.8, 4) is 11.1 Å². The van der Waals surface area contributed by atoms with Crippen LogP contribution >= 0.6 is 0 Å².